The van der Waals surface area contributed by atoms with Gasteiger partial charge in [0.05, 0.1) is 26.4 Å². The van der Waals surface area contributed by atoms with Gasteiger partial charge in [-0.25, -0.2) is 9.13 Å². The number of rotatable bonds is 76. The summed E-state index contributed by atoms with van der Waals surface area (Å²) in [5, 5.41) is 10.6. The van der Waals surface area contributed by atoms with Gasteiger partial charge in [0.1, 0.15) is 19.3 Å². The van der Waals surface area contributed by atoms with Crippen LogP contribution in [0.15, 0.2) is 72.9 Å². The van der Waals surface area contributed by atoms with Crippen molar-refractivity contribution in [1.82, 2.24) is 0 Å². The van der Waals surface area contributed by atoms with E-state index in [9.17, 15) is 43.2 Å². The summed E-state index contributed by atoms with van der Waals surface area (Å²) in [4.78, 5) is 73.0. The van der Waals surface area contributed by atoms with E-state index in [1.807, 2.05) is 0 Å². The van der Waals surface area contributed by atoms with Crippen LogP contribution in [0.25, 0.3) is 0 Å². The van der Waals surface area contributed by atoms with Gasteiger partial charge in [-0.3, -0.25) is 37.3 Å². The first-order valence-corrected chi connectivity index (χ1v) is 43.2. The van der Waals surface area contributed by atoms with Crippen molar-refractivity contribution in [3.8, 4) is 0 Å². The molecule has 0 fully saturated rings. The summed E-state index contributed by atoms with van der Waals surface area (Å²) in [6.07, 6.45) is 74.4. The van der Waals surface area contributed by atoms with Crippen LogP contribution in [0.2, 0.25) is 0 Å². The van der Waals surface area contributed by atoms with E-state index in [1.165, 1.54) is 116 Å². The highest BCUT2D eigenvalue weighted by Gasteiger charge is 2.30. The molecule has 0 spiro atoms. The average Bonchev–Trinajstić information content (AvgIpc) is 1.01. The van der Waals surface area contributed by atoms with Crippen molar-refractivity contribution >= 4 is 39.5 Å². The van der Waals surface area contributed by atoms with Gasteiger partial charge in [-0.05, 0) is 141 Å². The van der Waals surface area contributed by atoms with Gasteiger partial charge in [0, 0.05) is 25.7 Å². The number of hydrogen-bond acceptors (Lipinski definition) is 15. The van der Waals surface area contributed by atoms with Crippen molar-refractivity contribution in [3.63, 3.8) is 0 Å². The number of esters is 4. The van der Waals surface area contributed by atoms with E-state index in [1.54, 1.807) is 0 Å². The molecule has 0 saturated heterocycles. The fraction of sp³-hybridized carbons (Fsp3) is 0.802. The Morgan fingerprint density at radius 3 is 0.770 bits per heavy atom. The maximum atomic E-state index is 13.1. The molecule has 5 atom stereocenters. The van der Waals surface area contributed by atoms with Gasteiger partial charge in [-0.2, -0.15) is 0 Å². The smallest absolute Gasteiger partial charge is 0.462 e. The highest BCUT2D eigenvalue weighted by Crippen LogP contribution is 2.45. The van der Waals surface area contributed by atoms with Gasteiger partial charge in [-0.15, -0.1) is 0 Å². The summed E-state index contributed by atoms with van der Waals surface area (Å²) < 4.78 is 68.6. The van der Waals surface area contributed by atoms with Crippen molar-refractivity contribution < 1.29 is 80.2 Å². The first kappa shape index (κ1) is 96.5. The lowest BCUT2D eigenvalue weighted by molar-refractivity contribution is -0.161. The zero-order valence-electron chi connectivity index (χ0n) is 63.6. The van der Waals surface area contributed by atoms with Crippen LogP contribution in [0.5, 0.6) is 0 Å². The molecule has 0 bridgehead atoms. The van der Waals surface area contributed by atoms with Crippen molar-refractivity contribution in [2.24, 2.45) is 0 Å². The largest absolute Gasteiger partial charge is 0.472 e. The van der Waals surface area contributed by atoms with Crippen molar-refractivity contribution in [2.75, 3.05) is 39.6 Å². The third-order valence-electron chi connectivity index (χ3n) is 17.1. The van der Waals surface area contributed by atoms with Crippen LogP contribution in [-0.2, 0) is 65.4 Å². The third-order valence-corrected chi connectivity index (χ3v) is 19.0. The first-order valence-electron chi connectivity index (χ1n) is 40.2. The third kappa shape index (κ3) is 72.8. The molecule has 0 aromatic heterocycles. The second-order valence-corrected chi connectivity index (χ2v) is 29.9. The van der Waals surface area contributed by atoms with Gasteiger partial charge in [0.15, 0.2) is 12.2 Å². The summed E-state index contributed by atoms with van der Waals surface area (Å²) in [5.74, 6) is -2.20. The highest BCUT2D eigenvalue weighted by molar-refractivity contribution is 7.47. The van der Waals surface area contributed by atoms with Crippen LogP contribution in [0.3, 0.4) is 0 Å². The zero-order chi connectivity index (χ0) is 73.2. The van der Waals surface area contributed by atoms with Crippen molar-refractivity contribution in [3.05, 3.63) is 72.9 Å². The predicted molar refractivity (Wildman–Crippen MR) is 409 cm³/mol. The molecule has 0 aliphatic carbocycles. The molecule has 0 heterocycles. The van der Waals surface area contributed by atoms with Crippen molar-refractivity contribution in [1.29, 1.82) is 0 Å². The number of phosphoric acid groups is 2. The standard InChI is InChI=1S/C81H146O17P2/c1-5-9-13-17-21-25-29-33-37-41-45-49-53-57-61-65-78(83)91-71-76(97-80(85)67-63-59-55-51-47-43-39-35-31-27-23-19-15-11-7-3)73-95-99(87,88)93-69-75(82)70-94-100(89,90)96-74-77(98-81(86)68-64-60-56-52-48-44-40-36-32-28-24-20-16-12-8-4)72-92-79(84)66-62-58-54-50-46-42-38-34-30-26-22-18-14-10-6-2/h21,23,25,27,33-40,75-77,82H,5-20,22,24,26,28-32,41-74H2,1-4H3,(H,87,88)(H,89,90)/b25-21-,27-23-,37-33-,38-34-,39-35-,40-36-/t75-,76+,77+/m0/s1. The second-order valence-electron chi connectivity index (χ2n) is 27.0. The molecule has 0 rings (SSSR count). The average molecular weight is 1450 g/mol. The Balaban J connectivity index is 5.37. The van der Waals surface area contributed by atoms with Crippen LogP contribution in [0, 0.1) is 0 Å². The fourth-order valence-corrected chi connectivity index (χ4v) is 12.5. The Kier molecular flexibility index (Phi) is 71.2. The van der Waals surface area contributed by atoms with E-state index in [0.29, 0.717) is 25.7 Å². The Hall–Kier alpha value is -3.50. The predicted octanol–water partition coefficient (Wildman–Crippen LogP) is 23.2. The minimum absolute atomic E-state index is 0.0779. The second kappa shape index (κ2) is 73.8. The molecular weight excluding hydrogens is 1310 g/mol. The molecular formula is C81H146O17P2. The minimum atomic E-state index is -4.98. The molecule has 582 valence electrons. The Morgan fingerprint density at radius 1 is 0.280 bits per heavy atom. The summed E-state index contributed by atoms with van der Waals surface area (Å²) in [6, 6.07) is 0. The lowest BCUT2D eigenvalue weighted by Crippen LogP contribution is -2.30. The van der Waals surface area contributed by atoms with E-state index >= 15 is 0 Å². The molecule has 0 aliphatic rings. The first-order chi connectivity index (χ1) is 48.7. The molecule has 0 saturated carbocycles. The van der Waals surface area contributed by atoms with Crippen LogP contribution >= 0.6 is 15.6 Å². The van der Waals surface area contributed by atoms with Crippen molar-refractivity contribution in [2.45, 2.75) is 380 Å². The molecule has 19 heteroatoms. The van der Waals surface area contributed by atoms with Gasteiger partial charge in [-0.1, -0.05) is 268 Å². The number of allylic oxidation sites excluding steroid dienone is 12. The SMILES string of the molecule is CCCCC/C=C\C/C=C\CCCCCCCC(=O)OC[C@H](COP(=O)(O)OC[C@H](O)COP(=O)(O)OC[C@@H](COC(=O)CCCCCCC/C=C\CCCCCCCC)OC(=O)CCCCCCC/C=C\CCCCCCCC)OC(=O)CCCCCCC/C=C\C/C=C\CCCCC. The Labute approximate surface area is 609 Å². The molecule has 0 aliphatic heterocycles. The zero-order valence-corrected chi connectivity index (χ0v) is 65.4. The minimum Gasteiger partial charge on any atom is -0.462 e. The van der Waals surface area contributed by atoms with Gasteiger partial charge >= 0.3 is 39.5 Å². The number of aliphatic hydroxyl groups is 1. The monoisotopic (exact) mass is 1450 g/mol. The maximum absolute atomic E-state index is 13.1. The number of unbranched alkanes of at least 4 members (excludes halogenated alkanes) is 38. The van der Waals surface area contributed by atoms with Gasteiger partial charge in [0.25, 0.3) is 0 Å². The quantitative estimate of drug-likeness (QED) is 0.0169. The number of phosphoric ester groups is 2. The molecule has 0 aromatic rings. The molecule has 17 nitrogen and oxygen atoms in total. The number of aliphatic hydroxyl groups excluding tert-OH is 1. The molecule has 0 amide bonds. The summed E-state index contributed by atoms with van der Waals surface area (Å²) in [5.41, 5.74) is 0. The summed E-state index contributed by atoms with van der Waals surface area (Å²) in [6.45, 7) is 4.82. The normalized spacial score (nSPS) is 14.3. The van der Waals surface area contributed by atoms with E-state index in [2.05, 4.69) is 101 Å². The fourth-order valence-electron chi connectivity index (χ4n) is 10.9. The number of carbonyl (C=O) groups excluding carboxylic acids is 4. The summed E-state index contributed by atoms with van der Waals surface area (Å²) in [7, 11) is -9.96. The van der Waals surface area contributed by atoms with Gasteiger partial charge in [0.2, 0.25) is 0 Å². The number of ether oxygens (including phenoxy) is 4. The number of carbonyl (C=O) groups is 4. The number of hydrogen-bond donors (Lipinski definition) is 3. The van der Waals surface area contributed by atoms with E-state index in [-0.39, 0.29) is 25.7 Å². The Morgan fingerprint density at radius 2 is 0.490 bits per heavy atom. The molecule has 2 unspecified atom stereocenters. The van der Waals surface area contributed by atoms with E-state index < -0.39 is 97.5 Å². The van der Waals surface area contributed by atoms with Crippen LogP contribution < -0.4 is 0 Å². The molecule has 3 N–H and O–H groups in total. The van der Waals surface area contributed by atoms with Crippen LogP contribution in [0.4, 0.5) is 0 Å². The highest BCUT2D eigenvalue weighted by atomic mass is 31.2. The molecule has 0 aromatic carbocycles. The molecule has 100 heavy (non-hydrogen) atoms. The van der Waals surface area contributed by atoms with E-state index in [4.69, 9.17) is 37.0 Å². The maximum Gasteiger partial charge on any atom is 0.472 e. The van der Waals surface area contributed by atoms with Crippen LogP contribution in [0.1, 0.15) is 362 Å². The lowest BCUT2D eigenvalue weighted by atomic mass is 10.1. The summed E-state index contributed by atoms with van der Waals surface area (Å²) >= 11 is 0. The topological polar surface area (TPSA) is 237 Å². The lowest BCUT2D eigenvalue weighted by Gasteiger charge is -2.21. The molecule has 0 radical (unpaired) electrons. The van der Waals surface area contributed by atoms with E-state index in [0.717, 1.165) is 167 Å². The Bertz CT molecular complexity index is 2180. The van der Waals surface area contributed by atoms with Gasteiger partial charge < -0.3 is 33.8 Å². The van der Waals surface area contributed by atoms with Crippen LogP contribution in [-0.4, -0.2) is 96.7 Å².